The molecule has 2 fully saturated rings. The number of rotatable bonds is 7. The number of anilines is 1. The van der Waals surface area contributed by atoms with Crippen LogP contribution in [0, 0.1) is 10.1 Å². The van der Waals surface area contributed by atoms with E-state index in [-0.39, 0.29) is 23.2 Å². The third-order valence-electron chi connectivity index (χ3n) is 4.95. The van der Waals surface area contributed by atoms with Gasteiger partial charge in [0.15, 0.2) is 0 Å². The Labute approximate surface area is 153 Å². The van der Waals surface area contributed by atoms with E-state index in [1.807, 2.05) is 0 Å². The van der Waals surface area contributed by atoms with Gasteiger partial charge in [-0.25, -0.2) is 0 Å². The summed E-state index contributed by atoms with van der Waals surface area (Å²) >= 11 is 0. The first kappa shape index (κ1) is 18.6. The number of carbonyl (C=O) groups is 1. The number of morpholine rings is 1. The maximum atomic E-state index is 12.1. The average molecular weight is 362 g/mol. The molecule has 1 amide bonds. The molecule has 0 aromatic heterocycles. The van der Waals surface area contributed by atoms with Crippen molar-refractivity contribution < 1.29 is 14.5 Å². The Bertz CT molecular complexity index is 682. The van der Waals surface area contributed by atoms with E-state index in [0.717, 1.165) is 25.9 Å². The van der Waals surface area contributed by atoms with Crippen LogP contribution in [0.25, 0.3) is 0 Å². The second kappa shape index (κ2) is 7.59. The predicted octanol–water partition coefficient (Wildman–Crippen LogP) is 2.01. The lowest BCUT2D eigenvalue weighted by molar-refractivity contribution is -0.384. The SMILES string of the molecule is CC(C)(CNc1ccc(C(=O)NC2CC2)cc1[N+](=O)[O-])N1CCOCC1. The van der Waals surface area contributed by atoms with Crippen molar-refractivity contribution in [3.63, 3.8) is 0 Å². The molecule has 0 spiro atoms. The Morgan fingerprint density at radius 1 is 1.35 bits per heavy atom. The number of carbonyl (C=O) groups excluding carboxylic acids is 1. The summed E-state index contributed by atoms with van der Waals surface area (Å²) in [5.74, 6) is -0.254. The third kappa shape index (κ3) is 4.50. The number of ether oxygens (including phenoxy) is 1. The minimum atomic E-state index is -0.446. The Morgan fingerprint density at radius 2 is 2.04 bits per heavy atom. The summed E-state index contributed by atoms with van der Waals surface area (Å²) in [6.07, 6.45) is 1.95. The molecule has 26 heavy (non-hydrogen) atoms. The van der Waals surface area contributed by atoms with Crippen LogP contribution in [-0.4, -0.2) is 60.2 Å². The third-order valence-corrected chi connectivity index (χ3v) is 4.95. The number of nitrogens with one attached hydrogen (secondary N) is 2. The number of hydrogen-bond acceptors (Lipinski definition) is 6. The van der Waals surface area contributed by atoms with Crippen molar-refractivity contribution in [2.75, 3.05) is 38.2 Å². The van der Waals surface area contributed by atoms with E-state index in [9.17, 15) is 14.9 Å². The highest BCUT2D eigenvalue weighted by atomic mass is 16.6. The molecule has 0 atom stereocenters. The molecule has 142 valence electrons. The van der Waals surface area contributed by atoms with Gasteiger partial charge in [0.25, 0.3) is 11.6 Å². The molecule has 8 nitrogen and oxygen atoms in total. The van der Waals surface area contributed by atoms with Crippen LogP contribution in [0.2, 0.25) is 0 Å². The van der Waals surface area contributed by atoms with Gasteiger partial charge in [0.2, 0.25) is 0 Å². The summed E-state index contributed by atoms with van der Waals surface area (Å²) in [4.78, 5) is 25.5. The van der Waals surface area contributed by atoms with E-state index < -0.39 is 4.92 Å². The van der Waals surface area contributed by atoms with E-state index >= 15 is 0 Å². The van der Waals surface area contributed by atoms with E-state index in [0.29, 0.717) is 31.0 Å². The van der Waals surface area contributed by atoms with Crippen molar-refractivity contribution in [2.24, 2.45) is 0 Å². The largest absolute Gasteiger partial charge is 0.379 e. The molecule has 0 unspecified atom stereocenters. The summed E-state index contributed by atoms with van der Waals surface area (Å²) in [6.45, 7) is 7.86. The standard InChI is InChI=1S/C18H26N4O4/c1-18(2,21-7-9-26-10-8-21)12-19-15-6-3-13(11-16(15)22(24)25)17(23)20-14-4-5-14/h3,6,11,14,19H,4-5,7-10,12H2,1-2H3,(H,20,23). The van der Waals surface area contributed by atoms with Crippen LogP contribution in [0.1, 0.15) is 37.0 Å². The van der Waals surface area contributed by atoms with Crippen LogP contribution in [0.15, 0.2) is 18.2 Å². The zero-order valence-electron chi connectivity index (χ0n) is 15.3. The van der Waals surface area contributed by atoms with Gasteiger partial charge >= 0.3 is 0 Å². The van der Waals surface area contributed by atoms with Crippen LogP contribution >= 0.6 is 0 Å². The van der Waals surface area contributed by atoms with E-state index in [1.54, 1.807) is 12.1 Å². The second-order valence-electron chi connectivity index (χ2n) is 7.50. The van der Waals surface area contributed by atoms with Crippen molar-refractivity contribution in [2.45, 2.75) is 38.3 Å². The number of nitro benzene ring substituents is 1. The van der Waals surface area contributed by atoms with Crippen LogP contribution in [0.5, 0.6) is 0 Å². The van der Waals surface area contributed by atoms with Gasteiger partial charge < -0.3 is 15.4 Å². The minimum Gasteiger partial charge on any atom is -0.379 e. The molecule has 8 heteroatoms. The molecule has 1 aliphatic heterocycles. The highest BCUT2D eigenvalue weighted by Gasteiger charge is 2.29. The molecule has 1 aromatic rings. The molecule has 1 heterocycles. The molecule has 0 radical (unpaired) electrons. The van der Waals surface area contributed by atoms with Crippen molar-refractivity contribution in [3.05, 3.63) is 33.9 Å². The van der Waals surface area contributed by atoms with E-state index in [4.69, 9.17) is 4.74 Å². The Balaban J connectivity index is 1.69. The zero-order chi connectivity index (χ0) is 18.7. The van der Waals surface area contributed by atoms with Crippen molar-refractivity contribution in [3.8, 4) is 0 Å². The first-order valence-corrected chi connectivity index (χ1v) is 9.03. The van der Waals surface area contributed by atoms with Gasteiger partial charge in [-0.05, 0) is 38.8 Å². The Morgan fingerprint density at radius 3 is 2.65 bits per heavy atom. The monoisotopic (exact) mass is 362 g/mol. The number of hydrogen-bond donors (Lipinski definition) is 2. The number of benzene rings is 1. The predicted molar refractivity (Wildman–Crippen MR) is 98.5 cm³/mol. The lowest BCUT2D eigenvalue weighted by Gasteiger charge is -2.41. The molecular weight excluding hydrogens is 336 g/mol. The van der Waals surface area contributed by atoms with Crippen LogP contribution < -0.4 is 10.6 Å². The van der Waals surface area contributed by atoms with Gasteiger partial charge in [-0.1, -0.05) is 0 Å². The maximum absolute atomic E-state index is 12.1. The minimum absolute atomic E-state index is 0.0776. The van der Waals surface area contributed by atoms with E-state index in [1.165, 1.54) is 6.07 Å². The molecule has 1 aliphatic carbocycles. The molecule has 2 aliphatic rings. The highest BCUT2D eigenvalue weighted by Crippen LogP contribution is 2.28. The molecule has 1 saturated heterocycles. The molecule has 1 aromatic carbocycles. The van der Waals surface area contributed by atoms with Crippen molar-refractivity contribution in [1.82, 2.24) is 10.2 Å². The number of nitrogens with zero attached hydrogens (tertiary/aromatic N) is 2. The van der Waals surface area contributed by atoms with Gasteiger partial charge in [-0.2, -0.15) is 0 Å². The quantitative estimate of drug-likeness (QED) is 0.569. The number of amides is 1. The lowest BCUT2D eigenvalue weighted by atomic mass is 10.0. The molecule has 1 saturated carbocycles. The van der Waals surface area contributed by atoms with Crippen LogP contribution in [-0.2, 0) is 4.74 Å². The summed E-state index contributed by atoms with van der Waals surface area (Å²) in [5, 5.41) is 17.5. The van der Waals surface area contributed by atoms with Gasteiger partial charge in [0, 0.05) is 42.8 Å². The molecule has 3 rings (SSSR count). The summed E-state index contributed by atoms with van der Waals surface area (Å²) in [6, 6.07) is 4.82. The average Bonchev–Trinajstić information content (AvgIpc) is 3.44. The lowest BCUT2D eigenvalue weighted by Crippen LogP contribution is -2.53. The summed E-state index contributed by atoms with van der Waals surface area (Å²) in [7, 11) is 0. The van der Waals surface area contributed by atoms with Crippen molar-refractivity contribution in [1.29, 1.82) is 0 Å². The van der Waals surface area contributed by atoms with Crippen molar-refractivity contribution >= 4 is 17.3 Å². The summed E-state index contributed by atoms with van der Waals surface area (Å²) in [5.41, 5.74) is 0.506. The summed E-state index contributed by atoms with van der Waals surface area (Å²) < 4.78 is 5.39. The molecular formula is C18H26N4O4. The van der Waals surface area contributed by atoms with Crippen LogP contribution in [0.3, 0.4) is 0 Å². The first-order valence-electron chi connectivity index (χ1n) is 9.03. The smallest absolute Gasteiger partial charge is 0.293 e. The molecule has 0 bridgehead atoms. The highest BCUT2D eigenvalue weighted by molar-refractivity contribution is 5.96. The number of nitro groups is 1. The Kier molecular flexibility index (Phi) is 5.43. The topological polar surface area (TPSA) is 96.7 Å². The van der Waals surface area contributed by atoms with Gasteiger partial charge in [0.05, 0.1) is 18.1 Å². The fraction of sp³-hybridized carbons (Fsp3) is 0.611. The van der Waals surface area contributed by atoms with Gasteiger partial charge in [-0.3, -0.25) is 19.8 Å². The van der Waals surface area contributed by atoms with Gasteiger partial charge in [-0.15, -0.1) is 0 Å². The van der Waals surface area contributed by atoms with Gasteiger partial charge in [0.1, 0.15) is 5.69 Å². The molecule has 2 N–H and O–H groups in total. The maximum Gasteiger partial charge on any atom is 0.293 e. The Hall–Kier alpha value is -2.19. The second-order valence-corrected chi connectivity index (χ2v) is 7.50. The van der Waals surface area contributed by atoms with Crippen LogP contribution in [0.4, 0.5) is 11.4 Å². The fourth-order valence-electron chi connectivity index (χ4n) is 3.06. The fourth-order valence-corrected chi connectivity index (χ4v) is 3.06. The zero-order valence-corrected chi connectivity index (χ0v) is 15.3. The van der Waals surface area contributed by atoms with E-state index in [2.05, 4.69) is 29.4 Å². The first-order chi connectivity index (χ1) is 12.4. The normalized spacial score (nSPS) is 18.4.